The molecule has 27 heavy (non-hydrogen) atoms. The van der Waals surface area contributed by atoms with Gasteiger partial charge in [-0.2, -0.15) is 0 Å². The molecule has 2 aromatic rings. The van der Waals surface area contributed by atoms with Gasteiger partial charge in [0.15, 0.2) is 0 Å². The van der Waals surface area contributed by atoms with Crippen LogP contribution in [0.1, 0.15) is 18.4 Å². The average molecular weight is 368 g/mol. The van der Waals surface area contributed by atoms with Gasteiger partial charge in [-0.3, -0.25) is 9.59 Å². The van der Waals surface area contributed by atoms with Crippen molar-refractivity contribution in [1.82, 2.24) is 5.32 Å². The Kier molecular flexibility index (Phi) is 5.96. The highest BCUT2D eigenvalue weighted by Gasteiger charge is 2.31. The van der Waals surface area contributed by atoms with Crippen LogP contribution in [-0.4, -0.2) is 38.6 Å². The lowest BCUT2D eigenvalue weighted by molar-refractivity contribution is -0.121. The maximum atomic E-state index is 12.3. The van der Waals surface area contributed by atoms with Crippen molar-refractivity contribution in [3.05, 3.63) is 54.1 Å². The molecule has 3 rings (SSSR count). The second-order valence-corrected chi connectivity index (χ2v) is 6.52. The Bertz CT molecular complexity index is 787. The predicted molar refractivity (Wildman–Crippen MR) is 103 cm³/mol. The van der Waals surface area contributed by atoms with Crippen LogP contribution < -0.4 is 19.7 Å². The highest BCUT2D eigenvalue weighted by Crippen LogP contribution is 2.24. The van der Waals surface area contributed by atoms with Crippen LogP contribution in [0.15, 0.2) is 48.5 Å². The summed E-state index contributed by atoms with van der Waals surface area (Å²) in [5.74, 6) is 1.51. The molecule has 6 heteroatoms. The summed E-state index contributed by atoms with van der Waals surface area (Å²) in [6.45, 7) is 0.486. The van der Waals surface area contributed by atoms with Gasteiger partial charge in [0.25, 0.3) is 0 Å². The quantitative estimate of drug-likeness (QED) is 0.816. The van der Waals surface area contributed by atoms with Crippen molar-refractivity contribution < 1.29 is 19.1 Å². The number of carbonyl (C=O) groups excluding carboxylic acids is 2. The molecule has 0 radical (unpaired) electrons. The first kappa shape index (κ1) is 18.8. The third-order valence-corrected chi connectivity index (χ3v) is 4.67. The number of anilines is 1. The third kappa shape index (κ3) is 4.78. The molecule has 6 nitrogen and oxygen atoms in total. The second kappa shape index (κ2) is 8.58. The molecule has 0 spiro atoms. The lowest BCUT2D eigenvalue weighted by Gasteiger charge is -2.17. The standard InChI is InChI=1S/C21H24N2O4/c1-26-18-8-3-15(4-9-18)5-12-20(24)22-16-13-21(25)23(14-16)17-6-10-19(27-2)11-7-17/h3-4,6-11,16H,5,12-14H2,1-2H3,(H,22,24)/t16-/m1/s1. The molecular weight excluding hydrogens is 344 g/mol. The highest BCUT2D eigenvalue weighted by atomic mass is 16.5. The number of amides is 2. The smallest absolute Gasteiger partial charge is 0.229 e. The number of rotatable bonds is 7. The van der Waals surface area contributed by atoms with Crippen LogP contribution in [0.3, 0.4) is 0 Å². The molecule has 1 atom stereocenters. The van der Waals surface area contributed by atoms with E-state index >= 15 is 0 Å². The summed E-state index contributed by atoms with van der Waals surface area (Å²) in [6.07, 6.45) is 1.36. The zero-order valence-electron chi connectivity index (χ0n) is 15.6. The molecule has 142 valence electrons. The van der Waals surface area contributed by atoms with Gasteiger partial charge < -0.3 is 19.7 Å². The third-order valence-electron chi connectivity index (χ3n) is 4.67. The van der Waals surface area contributed by atoms with Crippen LogP contribution in [-0.2, 0) is 16.0 Å². The van der Waals surface area contributed by atoms with E-state index in [0.29, 0.717) is 25.8 Å². The van der Waals surface area contributed by atoms with Crippen molar-refractivity contribution in [3.8, 4) is 11.5 Å². The molecule has 2 amide bonds. The SMILES string of the molecule is COc1ccc(CCC(=O)N[C@@H]2CC(=O)N(c3ccc(OC)cc3)C2)cc1. The van der Waals surface area contributed by atoms with Crippen LogP contribution >= 0.6 is 0 Å². The zero-order chi connectivity index (χ0) is 19.2. The first-order valence-electron chi connectivity index (χ1n) is 8.96. The van der Waals surface area contributed by atoms with E-state index in [9.17, 15) is 9.59 Å². The Hall–Kier alpha value is -3.02. The number of nitrogens with zero attached hydrogens (tertiary/aromatic N) is 1. The Morgan fingerprint density at radius 1 is 1.04 bits per heavy atom. The molecule has 0 aliphatic carbocycles. The van der Waals surface area contributed by atoms with Gasteiger partial charge in [0.1, 0.15) is 11.5 Å². The minimum Gasteiger partial charge on any atom is -0.497 e. The molecular formula is C21H24N2O4. The van der Waals surface area contributed by atoms with E-state index in [0.717, 1.165) is 22.7 Å². The molecule has 0 bridgehead atoms. The molecule has 1 heterocycles. The van der Waals surface area contributed by atoms with Crippen molar-refractivity contribution in [2.24, 2.45) is 0 Å². The van der Waals surface area contributed by atoms with E-state index < -0.39 is 0 Å². The monoisotopic (exact) mass is 368 g/mol. The summed E-state index contributed by atoms with van der Waals surface area (Å²) in [5.41, 5.74) is 1.89. The maximum absolute atomic E-state index is 12.3. The number of benzene rings is 2. The van der Waals surface area contributed by atoms with Gasteiger partial charge in [0, 0.05) is 25.1 Å². The Labute approximate surface area is 159 Å². The van der Waals surface area contributed by atoms with Crippen LogP contribution in [0.2, 0.25) is 0 Å². The van der Waals surface area contributed by atoms with Crippen LogP contribution in [0, 0.1) is 0 Å². The molecule has 1 aliphatic heterocycles. The van der Waals surface area contributed by atoms with Crippen molar-refractivity contribution >= 4 is 17.5 Å². The van der Waals surface area contributed by atoms with E-state index in [-0.39, 0.29) is 17.9 Å². The molecule has 1 N–H and O–H groups in total. The number of aryl methyl sites for hydroxylation is 1. The maximum Gasteiger partial charge on any atom is 0.229 e. The first-order chi connectivity index (χ1) is 13.1. The molecule has 1 saturated heterocycles. The number of methoxy groups -OCH3 is 2. The van der Waals surface area contributed by atoms with Crippen LogP contribution in [0.25, 0.3) is 0 Å². The minimum atomic E-state index is -0.164. The molecule has 0 saturated carbocycles. The summed E-state index contributed by atoms with van der Waals surface area (Å²) in [4.78, 5) is 26.2. The number of nitrogens with one attached hydrogen (secondary N) is 1. The lowest BCUT2D eigenvalue weighted by Crippen LogP contribution is -2.37. The van der Waals surface area contributed by atoms with Gasteiger partial charge in [-0.15, -0.1) is 0 Å². The average Bonchev–Trinajstić information content (AvgIpc) is 3.06. The second-order valence-electron chi connectivity index (χ2n) is 6.52. The Balaban J connectivity index is 1.50. The largest absolute Gasteiger partial charge is 0.497 e. The van der Waals surface area contributed by atoms with Crippen LogP contribution in [0.5, 0.6) is 11.5 Å². The molecule has 2 aromatic carbocycles. The van der Waals surface area contributed by atoms with E-state index in [4.69, 9.17) is 9.47 Å². The first-order valence-corrected chi connectivity index (χ1v) is 8.96. The Morgan fingerprint density at radius 2 is 1.63 bits per heavy atom. The van der Waals surface area contributed by atoms with E-state index in [1.54, 1.807) is 19.1 Å². The fraction of sp³-hybridized carbons (Fsp3) is 0.333. The summed E-state index contributed by atoms with van der Waals surface area (Å²) >= 11 is 0. The van der Waals surface area contributed by atoms with E-state index in [1.807, 2.05) is 48.5 Å². The number of hydrogen-bond acceptors (Lipinski definition) is 4. The number of hydrogen-bond donors (Lipinski definition) is 1. The van der Waals surface area contributed by atoms with Crippen LogP contribution in [0.4, 0.5) is 5.69 Å². The lowest BCUT2D eigenvalue weighted by atomic mass is 10.1. The molecule has 1 aliphatic rings. The van der Waals surface area contributed by atoms with Crippen molar-refractivity contribution in [1.29, 1.82) is 0 Å². The van der Waals surface area contributed by atoms with Gasteiger partial charge in [0.05, 0.1) is 20.3 Å². The normalized spacial score (nSPS) is 16.3. The summed E-state index contributed by atoms with van der Waals surface area (Å²) in [5, 5.41) is 2.97. The number of ether oxygens (including phenoxy) is 2. The summed E-state index contributed by atoms with van der Waals surface area (Å²) in [7, 11) is 3.23. The Morgan fingerprint density at radius 3 is 2.22 bits per heavy atom. The van der Waals surface area contributed by atoms with E-state index in [1.165, 1.54) is 0 Å². The van der Waals surface area contributed by atoms with Gasteiger partial charge in [-0.1, -0.05) is 12.1 Å². The van der Waals surface area contributed by atoms with Crippen molar-refractivity contribution in [3.63, 3.8) is 0 Å². The molecule has 0 aromatic heterocycles. The van der Waals surface area contributed by atoms with Gasteiger partial charge in [-0.05, 0) is 48.4 Å². The summed E-state index contributed by atoms with van der Waals surface area (Å²) in [6, 6.07) is 14.9. The number of carbonyl (C=O) groups is 2. The van der Waals surface area contributed by atoms with E-state index in [2.05, 4.69) is 5.32 Å². The minimum absolute atomic E-state index is 0.0145. The van der Waals surface area contributed by atoms with Gasteiger partial charge >= 0.3 is 0 Å². The molecule has 0 unspecified atom stereocenters. The van der Waals surface area contributed by atoms with Crippen molar-refractivity contribution in [2.75, 3.05) is 25.7 Å². The molecule has 1 fully saturated rings. The fourth-order valence-corrected chi connectivity index (χ4v) is 3.17. The predicted octanol–water partition coefficient (Wildman–Crippen LogP) is 2.56. The van der Waals surface area contributed by atoms with Gasteiger partial charge in [-0.25, -0.2) is 0 Å². The fourth-order valence-electron chi connectivity index (χ4n) is 3.17. The highest BCUT2D eigenvalue weighted by molar-refractivity contribution is 5.96. The van der Waals surface area contributed by atoms with Gasteiger partial charge in [0.2, 0.25) is 11.8 Å². The summed E-state index contributed by atoms with van der Waals surface area (Å²) < 4.78 is 10.3. The van der Waals surface area contributed by atoms with Crippen molar-refractivity contribution in [2.45, 2.75) is 25.3 Å². The topological polar surface area (TPSA) is 67.9 Å². The zero-order valence-corrected chi connectivity index (χ0v) is 15.6.